The van der Waals surface area contributed by atoms with E-state index < -0.39 is 10.0 Å². The molecule has 6 nitrogen and oxygen atoms in total. The van der Waals surface area contributed by atoms with E-state index in [0.717, 1.165) is 31.2 Å². The molecular formula is C24H29ClN2O4S. The molecule has 32 heavy (non-hydrogen) atoms. The Kier molecular flexibility index (Phi) is 7.20. The van der Waals surface area contributed by atoms with E-state index in [1.54, 1.807) is 11.0 Å². The number of amides is 1. The maximum Gasteiger partial charge on any atom is 0.254 e. The molecule has 2 aromatic carbocycles. The summed E-state index contributed by atoms with van der Waals surface area (Å²) in [5, 5.41) is 0.142. The van der Waals surface area contributed by atoms with Crippen LogP contribution in [-0.2, 0) is 14.8 Å². The Bertz CT molecular complexity index is 1050. The molecule has 2 saturated heterocycles. The van der Waals surface area contributed by atoms with Gasteiger partial charge in [0.2, 0.25) is 10.0 Å². The van der Waals surface area contributed by atoms with Crippen LogP contribution in [0.5, 0.6) is 0 Å². The van der Waals surface area contributed by atoms with Gasteiger partial charge in [-0.05, 0) is 43.5 Å². The Morgan fingerprint density at radius 1 is 1.00 bits per heavy atom. The van der Waals surface area contributed by atoms with Crippen molar-refractivity contribution in [3.63, 3.8) is 0 Å². The van der Waals surface area contributed by atoms with Crippen molar-refractivity contribution in [2.24, 2.45) is 0 Å². The maximum atomic E-state index is 13.4. The fourth-order valence-corrected chi connectivity index (χ4v) is 6.42. The Balaban J connectivity index is 1.59. The van der Waals surface area contributed by atoms with E-state index in [-0.39, 0.29) is 28.0 Å². The summed E-state index contributed by atoms with van der Waals surface area (Å²) in [5.74, 6) is -0.218. The Labute approximate surface area is 195 Å². The molecule has 172 valence electrons. The fraction of sp³-hybridized carbons (Fsp3) is 0.458. The summed E-state index contributed by atoms with van der Waals surface area (Å²) in [7, 11) is -3.76. The van der Waals surface area contributed by atoms with E-state index >= 15 is 0 Å². The van der Waals surface area contributed by atoms with Gasteiger partial charge >= 0.3 is 0 Å². The molecule has 0 aromatic heterocycles. The van der Waals surface area contributed by atoms with Crippen molar-refractivity contribution in [2.45, 2.75) is 49.7 Å². The van der Waals surface area contributed by atoms with Crippen LogP contribution in [0.4, 0.5) is 0 Å². The van der Waals surface area contributed by atoms with Crippen LogP contribution in [0.25, 0.3) is 0 Å². The van der Waals surface area contributed by atoms with Crippen LogP contribution >= 0.6 is 11.6 Å². The first-order valence-corrected chi connectivity index (χ1v) is 13.0. The van der Waals surface area contributed by atoms with Crippen molar-refractivity contribution in [3.8, 4) is 0 Å². The molecule has 4 rings (SSSR count). The number of sulfonamides is 1. The minimum Gasteiger partial charge on any atom is -0.367 e. The first kappa shape index (κ1) is 23.2. The zero-order valence-electron chi connectivity index (χ0n) is 18.2. The normalized spacial score (nSPS) is 23.0. The van der Waals surface area contributed by atoms with Gasteiger partial charge in [-0.15, -0.1) is 0 Å². The lowest BCUT2D eigenvalue weighted by Crippen LogP contribution is -2.46. The van der Waals surface area contributed by atoms with E-state index in [1.165, 1.54) is 16.4 Å². The SMILES string of the molecule is CC1CN(C(=O)c2ccc(Cl)c(S(=O)(=O)N3CCCCCC3)c2)CC(c2ccccc2)O1. The molecule has 0 saturated carbocycles. The minimum absolute atomic E-state index is 0.00725. The number of hydrogen-bond acceptors (Lipinski definition) is 4. The number of ether oxygens (including phenoxy) is 1. The smallest absolute Gasteiger partial charge is 0.254 e. The van der Waals surface area contributed by atoms with Crippen LogP contribution in [0.3, 0.4) is 0 Å². The second kappa shape index (κ2) is 9.91. The number of carbonyl (C=O) groups excluding carboxylic acids is 1. The van der Waals surface area contributed by atoms with Gasteiger partial charge in [0.05, 0.1) is 17.7 Å². The number of rotatable bonds is 4. The lowest BCUT2D eigenvalue weighted by atomic mass is 10.1. The third kappa shape index (κ3) is 5.01. The highest BCUT2D eigenvalue weighted by atomic mass is 35.5. The lowest BCUT2D eigenvalue weighted by molar-refractivity contribution is -0.0691. The van der Waals surface area contributed by atoms with E-state index in [9.17, 15) is 13.2 Å². The van der Waals surface area contributed by atoms with Crippen molar-refractivity contribution in [3.05, 3.63) is 64.7 Å². The van der Waals surface area contributed by atoms with Gasteiger partial charge in [0.15, 0.2) is 0 Å². The van der Waals surface area contributed by atoms with Gasteiger partial charge in [-0.1, -0.05) is 54.8 Å². The van der Waals surface area contributed by atoms with Crippen molar-refractivity contribution in [2.75, 3.05) is 26.2 Å². The lowest BCUT2D eigenvalue weighted by Gasteiger charge is -2.37. The minimum atomic E-state index is -3.76. The Morgan fingerprint density at radius 3 is 2.38 bits per heavy atom. The highest BCUT2D eigenvalue weighted by Gasteiger charge is 2.32. The molecule has 0 spiro atoms. The van der Waals surface area contributed by atoms with Gasteiger partial charge in [0.25, 0.3) is 5.91 Å². The largest absolute Gasteiger partial charge is 0.367 e. The van der Waals surface area contributed by atoms with Crippen LogP contribution in [0.2, 0.25) is 5.02 Å². The van der Waals surface area contributed by atoms with Crippen molar-refractivity contribution in [1.29, 1.82) is 0 Å². The van der Waals surface area contributed by atoms with Crippen LogP contribution < -0.4 is 0 Å². The van der Waals surface area contributed by atoms with Gasteiger partial charge < -0.3 is 9.64 Å². The quantitative estimate of drug-likeness (QED) is 0.651. The summed E-state index contributed by atoms with van der Waals surface area (Å²) in [6.45, 7) is 3.75. The number of nitrogens with zero attached hydrogens (tertiary/aromatic N) is 2. The second-order valence-corrected chi connectivity index (χ2v) is 10.8. The topological polar surface area (TPSA) is 66.9 Å². The molecule has 0 aliphatic carbocycles. The Hall–Kier alpha value is -1.93. The van der Waals surface area contributed by atoms with Gasteiger partial charge in [0.1, 0.15) is 11.0 Å². The highest BCUT2D eigenvalue weighted by molar-refractivity contribution is 7.89. The first-order valence-electron chi connectivity index (χ1n) is 11.2. The molecule has 2 unspecified atom stereocenters. The van der Waals surface area contributed by atoms with Crippen molar-refractivity contribution in [1.82, 2.24) is 9.21 Å². The monoisotopic (exact) mass is 476 g/mol. The zero-order valence-corrected chi connectivity index (χ0v) is 19.8. The van der Waals surface area contributed by atoms with Crippen LogP contribution in [0.15, 0.2) is 53.4 Å². The third-order valence-corrected chi connectivity index (χ3v) is 8.46. The van der Waals surface area contributed by atoms with Crippen molar-refractivity contribution < 1.29 is 17.9 Å². The van der Waals surface area contributed by atoms with Crippen LogP contribution in [0, 0.1) is 0 Å². The number of benzene rings is 2. The van der Waals surface area contributed by atoms with Crippen molar-refractivity contribution >= 4 is 27.5 Å². The number of carbonyl (C=O) groups is 1. The molecule has 0 N–H and O–H groups in total. The summed E-state index contributed by atoms with van der Waals surface area (Å²) in [6, 6.07) is 14.4. The van der Waals surface area contributed by atoms with Gasteiger partial charge in [-0.25, -0.2) is 8.42 Å². The van der Waals surface area contributed by atoms with E-state index in [2.05, 4.69) is 0 Å². The fourth-order valence-electron chi connectivity index (χ4n) is 4.41. The van der Waals surface area contributed by atoms with Gasteiger partial charge in [0, 0.05) is 25.2 Å². The average Bonchev–Trinajstić information content (AvgIpc) is 3.09. The molecule has 1 amide bonds. The second-order valence-electron chi connectivity index (χ2n) is 8.52. The first-order chi connectivity index (χ1) is 15.4. The van der Waals surface area contributed by atoms with Crippen LogP contribution in [-0.4, -0.2) is 55.8 Å². The molecule has 0 bridgehead atoms. The molecule has 2 heterocycles. The van der Waals surface area contributed by atoms with Gasteiger partial charge in [-0.3, -0.25) is 4.79 Å². The summed E-state index contributed by atoms with van der Waals surface area (Å²) < 4.78 is 34.2. The van der Waals surface area contributed by atoms with E-state index in [4.69, 9.17) is 16.3 Å². The molecule has 0 radical (unpaired) electrons. The van der Waals surface area contributed by atoms with Crippen LogP contribution in [0.1, 0.15) is 54.6 Å². The van der Waals surface area contributed by atoms with Gasteiger partial charge in [-0.2, -0.15) is 4.31 Å². The maximum absolute atomic E-state index is 13.4. The average molecular weight is 477 g/mol. The Morgan fingerprint density at radius 2 is 1.69 bits per heavy atom. The summed E-state index contributed by atoms with van der Waals surface area (Å²) in [5.41, 5.74) is 1.33. The number of halogens is 1. The third-order valence-electron chi connectivity index (χ3n) is 6.08. The predicted molar refractivity (Wildman–Crippen MR) is 124 cm³/mol. The van der Waals surface area contributed by atoms with E-state index in [0.29, 0.717) is 31.7 Å². The molecule has 2 fully saturated rings. The molecule has 8 heteroatoms. The molecule has 2 aliphatic rings. The highest BCUT2D eigenvalue weighted by Crippen LogP contribution is 2.30. The number of hydrogen-bond donors (Lipinski definition) is 0. The molecule has 2 aromatic rings. The molecule has 2 aliphatic heterocycles. The van der Waals surface area contributed by atoms with E-state index in [1.807, 2.05) is 37.3 Å². The summed E-state index contributed by atoms with van der Waals surface area (Å²) in [4.78, 5) is 15.1. The molecule has 2 atom stereocenters. The number of morpholine rings is 1. The predicted octanol–water partition coefficient (Wildman–Crippen LogP) is 4.51. The zero-order chi connectivity index (χ0) is 22.7. The molecular weight excluding hydrogens is 448 g/mol. The standard InChI is InChI=1S/C24H29ClN2O4S/c1-18-16-26(17-22(31-18)19-9-5-4-6-10-19)24(28)20-11-12-21(25)23(15-20)32(29,30)27-13-7-2-3-8-14-27/h4-6,9-12,15,18,22H,2-3,7-8,13-14,16-17H2,1H3. The summed E-state index contributed by atoms with van der Waals surface area (Å²) in [6.07, 6.45) is 3.36. The summed E-state index contributed by atoms with van der Waals surface area (Å²) >= 11 is 6.31.